The SMILES string of the molecule is CCN1CCc2ccc(NC(=O)c3c(C)nn(-c4ccc(F)cc4)c3Cl)cc21. The summed E-state index contributed by atoms with van der Waals surface area (Å²) in [6.07, 6.45) is 1.02. The summed E-state index contributed by atoms with van der Waals surface area (Å²) in [5, 5.41) is 7.47. The molecule has 0 bridgehead atoms. The monoisotopic (exact) mass is 398 g/mol. The summed E-state index contributed by atoms with van der Waals surface area (Å²) in [4.78, 5) is 15.2. The first-order chi connectivity index (χ1) is 13.5. The highest BCUT2D eigenvalue weighted by atomic mass is 35.5. The van der Waals surface area contributed by atoms with E-state index in [1.54, 1.807) is 19.1 Å². The van der Waals surface area contributed by atoms with Crippen molar-refractivity contribution in [1.29, 1.82) is 0 Å². The van der Waals surface area contributed by atoms with Crippen molar-refractivity contribution in [2.45, 2.75) is 20.3 Å². The summed E-state index contributed by atoms with van der Waals surface area (Å²) in [5.74, 6) is -0.670. The molecule has 0 unspecified atom stereocenters. The van der Waals surface area contributed by atoms with Gasteiger partial charge in [-0.2, -0.15) is 5.10 Å². The van der Waals surface area contributed by atoms with Crippen LogP contribution in [0.1, 0.15) is 28.5 Å². The van der Waals surface area contributed by atoms with Gasteiger partial charge in [0.05, 0.1) is 11.4 Å². The van der Waals surface area contributed by atoms with E-state index < -0.39 is 0 Å². The fraction of sp³-hybridized carbons (Fsp3) is 0.238. The Bertz CT molecular complexity index is 1050. The van der Waals surface area contributed by atoms with Gasteiger partial charge in [0.25, 0.3) is 5.91 Å². The summed E-state index contributed by atoms with van der Waals surface area (Å²) in [6, 6.07) is 11.7. The van der Waals surface area contributed by atoms with Crippen molar-refractivity contribution in [3.63, 3.8) is 0 Å². The molecule has 0 atom stereocenters. The van der Waals surface area contributed by atoms with Gasteiger partial charge >= 0.3 is 0 Å². The number of fused-ring (bicyclic) bond motifs is 1. The zero-order valence-electron chi connectivity index (χ0n) is 15.7. The highest BCUT2D eigenvalue weighted by molar-refractivity contribution is 6.34. The Morgan fingerprint density at radius 2 is 2.00 bits per heavy atom. The van der Waals surface area contributed by atoms with E-state index in [9.17, 15) is 9.18 Å². The molecule has 1 N–H and O–H groups in total. The number of hydrogen-bond acceptors (Lipinski definition) is 3. The van der Waals surface area contributed by atoms with E-state index in [2.05, 4.69) is 28.3 Å². The Balaban J connectivity index is 1.62. The molecule has 2 heterocycles. The van der Waals surface area contributed by atoms with Crippen LogP contribution in [0.3, 0.4) is 0 Å². The maximum atomic E-state index is 13.2. The predicted molar refractivity (Wildman–Crippen MR) is 109 cm³/mol. The van der Waals surface area contributed by atoms with Crippen LogP contribution in [-0.4, -0.2) is 28.8 Å². The van der Waals surface area contributed by atoms with Gasteiger partial charge in [-0.1, -0.05) is 17.7 Å². The third-order valence-corrected chi connectivity index (χ3v) is 5.37. The number of hydrogen-bond donors (Lipinski definition) is 1. The lowest BCUT2D eigenvalue weighted by atomic mass is 10.1. The molecular formula is C21H20ClFN4O. The summed E-state index contributed by atoms with van der Waals surface area (Å²) >= 11 is 6.44. The van der Waals surface area contributed by atoms with Crippen LogP contribution in [0.4, 0.5) is 15.8 Å². The van der Waals surface area contributed by atoms with Gasteiger partial charge in [-0.15, -0.1) is 0 Å². The number of amides is 1. The molecule has 0 spiro atoms. The van der Waals surface area contributed by atoms with Gasteiger partial charge in [0, 0.05) is 24.5 Å². The van der Waals surface area contributed by atoms with Crippen molar-refractivity contribution < 1.29 is 9.18 Å². The third kappa shape index (κ3) is 3.24. The van der Waals surface area contributed by atoms with Crippen molar-refractivity contribution in [3.8, 4) is 5.69 Å². The quantitative estimate of drug-likeness (QED) is 0.698. The normalized spacial score (nSPS) is 12.9. The van der Waals surface area contributed by atoms with E-state index in [4.69, 9.17) is 11.6 Å². The Kier molecular flexibility index (Phi) is 4.81. The molecular weight excluding hydrogens is 379 g/mol. The topological polar surface area (TPSA) is 50.2 Å². The highest BCUT2D eigenvalue weighted by Gasteiger charge is 2.23. The van der Waals surface area contributed by atoms with E-state index >= 15 is 0 Å². The lowest BCUT2D eigenvalue weighted by Crippen LogP contribution is -2.19. The predicted octanol–water partition coefficient (Wildman–Crippen LogP) is 4.61. The second-order valence-corrected chi connectivity index (χ2v) is 7.12. The van der Waals surface area contributed by atoms with Crippen LogP contribution in [0.25, 0.3) is 5.69 Å². The minimum Gasteiger partial charge on any atom is -0.371 e. The first kappa shape index (κ1) is 18.5. The molecule has 144 valence electrons. The number of benzene rings is 2. The molecule has 3 aromatic rings. The number of anilines is 2. The zero-order valence-corrected chi connectivity index (χ0v) is 16.4. The number of carbonyl (C=O) groups is 1. The standard InChI is InChI=1S/C21H20ClFN4O/c1-3-26-11-10-14-4-7-16(12-18(14)26)24-21(28)19-13(2)25-27(20(19)22)17-8-5-15(23)6-9-17/h4-9,12H,3,10-11H2,1-2H3,(H,24,28). The number of carbonyl (C=O) groups excluding carboxylic acids is 1. The molecule has 1 aromatic heterocycles. The molecule has 0 saturated carbocycles. The molecule has 1 amide bonds. The number of rotatable bonds is 4. The number of nitrogens with one attached hydrogen (secondary N) is 1. The molecule has 0 radical (unpaired) electrons. The molecule has 2 aromatic carbocycles. The Morgan fingerprint density at radius 3 is 2.71 bits per heavy atom. The van der Waals surface area contributed by atoms with Gasteiger partial charge < -0.3 is 10.2 Å². The molecule has 0 saturated heterocycles. The number of likely N-dealkylation sites (N-methyl/N-ethyl adjacent to an activating group) is 1. The molecule has 0 fully saturated rings. The van der Waals surface area contributed by atoms with Crippen LogP contribution >= 0.6 is 11.6 Å². The Hall–Kier alpha value is -2.86. The minimum absolute atomic E-state index is 0.193. The zero-order chi connectivity index (χ0) is 19.8. The van der Waals surface area contributed by atoms with E-state index in [-0.39, 0.29) is 16.9 Å². The molecule has 4 rings (SSSR count). The number of aromatic nitrogens is 2. The first-order valence-corrected chi connectivity index (χ1v) is 9.56. The second-order valence-electron chi connectivity index (χ2n) is 6.77. The van der Waals surface area contributed by atoms with Crippen molar-refractivity contribution in [2.75, 3.05) is 23.3 Å². The maximum absolute atomic E-state index is 13.2. The summed E-state index contributed by atoms with van der Waals surface area (Å²) in [5.41, 5.74) is 4.56. The number of aryl methyl sites for hydroxylation is 1. The number of halogens is 2. The first-order valence-electron chi connectivity index (χ1n) is 9.18. The van der Waals surface area contributed by atoms with Gasteiger partial charge in [0.2, 0.25) is 0 Å². The lowest BCUT2D eigenvalue weighted by Gasteiger charge is -2.17. The van der Waals surface area contributed by atoms with Crippen LogP contribution in [0, 0.1) is 12.7 Å². The molecule has 7 heteroatoms. The average Bonchev–Trinajstić information content (AvgIpc) is 3.22. The van der Waals surface area contributed by atoms with Crippen LogP contribution < -0.4 is 10.2 Å². The fourth-order valence-corrected chi connectivity index (χ4v) is 3.91. The van der Waals surface area contributed by atoms with Crippen molar-refractivity contribution in [3.05, 3.63) is 70.3 Å². The minimum atomic E-state index is -0.348. The molecule has 1 aliphatic rings. The molecule has 1 aliphatic heterocycles. The van der Waals surface area contributed by atoms with Crippen molar-refractivity contribution in [2.24, 2.45) is 0 Å². The van der Waals surface area contributed by atoms with Gasteiger partial charge in [-0.3, -0.25) is 4.79 Å². The Labute approximate surface area is 167 Å². The third-order valence-electron chi connectivity index (χ3n) is 5.02. The van der Waals surface area contributed by atoms with Gasteiger partial charge in [-0.05, 0) is 62.2 Å². The van der Waals surface area contributed by atoms with E-state index in [0.29, 0.717) is 22.6 Å². The van der Waals surface area contributed by atoms with Crippen LogP contribution in [0.2, 0.25) is 5.15 Å². The van der Waals surface area contributed by atoms with E-state index in [1.807, 2.05) is 12.1 Å². The summed E-state index contributed by atoms with van der Waals surface area (Å²) < 4.78 is 14.6. The number of nitrogens with zero attached hydrogens (tertiary/aromatic N) is 3. The van der Waals surface area contributed by atoms with Gasteiger partial charge in [0.15, 0.2) is 0 Å². The van der Waals surface area contributed by atoms with E-state index in [0.717, 1.165) is 25.2 Å². The molecule has 0 aliphatic carbocycles. The molecule has 28 heavy (non-hydrogen) atoms. The van der Waals surface area contributed by atoms with Crippen molar-refractivity contribution >= 4 is 28.9 Å². The summed E-state index contributed by atoms with van der Waals surface area (Å²) in [7, 11) is 0. The fourth-order valence-electron chi connectivity index (χ4n) is 3.56. The smallest absolute Gasteiger partial charge is 0.260 e. The van der Waals surface area contributed by atoms with E-state index in [1.165, 1.54) is 22.4 Å². The Morgan fingerprint density at radius 1 is 1.25 bits per heavy atom. The lowest BCUT2D eigenvalue weighted by molar-refractivity contribution is 0.102. The van der Waals surface area contributed by atoms with Crippen LogP contribution in [0.5, 0.6) is 0 Å². The summed E-state index contributed by atoms with van der Waals surface area (Å²) in [6.45, 7) is 5.77. The molecule has 5 nitrogen and oxygen atoms in total. The van der Waals surface area contributed by atoms with Crippen molar-refractivity contribution in [1.82, 2.24) is 9.78 Å². The highest BCUT2D eigenvalue weighted by Crippen LogP contribution is 2.31. The van der Waals surface area contributed by atoms with Crippen LogP contribution in [-0.2, 0) is 6.42 Å². The van der Waals surface area contributed by atoms with Gasteiger partial charge in [0.1, 0.15) is 16.5 Å². The van der Waals surface area contributed by atoms with Crippen LogP contribution in [0.15, 0.2) is 42.5 Å². The second kappa shape index (κ2) is 7.28. The average molecular weight is 399 g/mol. The maximum Gasteiger partial charge on any atom is 0.260 e. The van der Waals surface area contributed by atoms with Gasteiger partial charge in [-0.25, -0.2) is 9.07 Å². The largest absolute Gasteiger partial charge is 0.371 e.